The molecule has 1 aliphatic rings. The first-order valence-electron chi connectivity index (χ1n) is 12.0. The van der Waals surface area contributed by atoms with Crippen LogP contribution >= 0.6 is 11.8 Å². The maximum atomic E-state index is 13.0. The van der Waals surface area contributed by atoms with Crippen LogP contribution in [0.3, 0.4) is 0 Å². The fourth-order valence-electron chi connectivity index (χ4n) is 4.02. The molecular formula is C26H40N2O5S. The van der Waals surface area contributed by atoms with E-state index >= 15 is 0 Å². The second-order valence-electron chi connectivity index (χ2n) is 10.5. The Balaban J connectivity index is 1.92. The number of hydrogen-bond donors (Lipinski definition) is 2. The van der Waals surface area contributed by atoms with Gasteiger partial charge < -0.3 is 20.1 Å². The number of carbonyl (C=O) groups excluding carboxylic acids is 2. The molecule has 3 atom stereocenters. The summed E-state index contributed by atoms with van der Waals surface area (Å²) in [6, 6.07) is 8.67. The molecule has 190 valence electrons. The van der Waals surface area contributed by atoms with Crippen molar-refractivity contribution < 1.29 is 24.2 Å². The van der Waals surface area contributed by atoms with Crippen LogP contribution in [0.5, 0.6) is 0 Å². The summed E-state index contributed by atoms with van der Waals surface area (Å²) in [6.45, 7) is 10.8. The standard InChI is InChI=1S/C26H40N2O5S/c1-18(2)14-22(29)28-13-9-12-20(28)16-34-17-21(25(31)32)27-24(30)23(26(3,4)5)33-15-19-10-7-6-8-11-19/h6-8,10-11,18,20-21,23H,9,12-17H2,1-5H3,(H,27,30)(H,31,32)/t20-,21-,23+/m0/s1. The maximum Gasteiger partial charge on any atom is 0.327 e. The molecular weight excluding hydrogens is 452 g/mol. The molecule has 1 fully saturated rings. The van der Waals surface area contributed by atoms with Gasteiger partial charge in [0.05, 0.1) is 6.61 Å². The fraction of sp³-hybridized carbons (Fsp3) is 0.654. The molecule has 2 rings (SSSR count). The highest BCUT2D eigenvalue weighted by molar-refractivity contribution is 7.99. The topological polar surface area (TPSA) is 95.9 Å². The van der Waals surface area contributed by atoms with Gasteiger partial charge in [-0.05, 0) is 29.7 Å². The number of aliphatic carboxylic acids is 1. The Hall–Kier alpha value is -2.06. The lowest BCUT2D eigenvalue weighted by Crippen LogP contribution is -2.51. The largest absolute Gasteiger partial charge is 0.480 e. The van der Waals surface area contributed by atoms with Gasteiger partial charge in [0.2, 0.25) is 11.8 Å². The highest BCUT2D eigenvalue weighted by Gasteiger charge is 2.35. The van der Waals surface area contributed by atoms with Gasteiger partial charge >= 0.3 is 5.97 Å². The van der Waals surface area contributed by atoms with Crippen molar-refractivity contribution in [1.29, 1.82) is 0 Å². The second kappa shape index (κ2) is 13.1. The van der Waals surface area contributed by atoms with E-state index in [9.17, 15) is 19.5 Å². The van der Waals surface area contributed by atoms with Crippen molar-refractivity contribution in [2.45, 2.75) is 78.7 Å². The third kappa shape index (κ3) is 8.95. The van der Waals surface area contributed by atoms with Gasteiger partial charge in [-0.15, -0.1) is 0 Å². The number of benzene rings is 1. The van der Waals surface area contributed by atoms with E-state index in [1.807, 2.05) is 69.9 Å². The number of carboxylic acid groups (broad SMARTS) is 1. The van der Waals surface area contributed by atoms with Crippen LogP contribution < -0.4 is 5.32 Å². The number of thioether (sulfide) groups is 1. The highest BCUT2D eigenvalue weighted by Crippen LogP contribution is 2.25. The SMILES string of the molecule is CC(C)CC(=O)N1CCC[C@H]1CSC[C@H](NC(=O)[C@@H](OCc1ccccc1)C(C)(C)C)C(=O)O. The molecule has 0 aromatic heterocycles. The van der Waals surface area contributed by atoms with Gasteiger partial charge in [-0.2, -0.15) is 11.8 Å². The van der Waals surface area contributed by atoms with Crippen LogP contribution in [0.4, 0.5) is 0 Å². The number of carbonyl (C=O) groups is 3. The monoisotopic (exact) mass is 492 g/mol. The average molecular weight is 493 g/mol. The third-order valence-electron chi connectivity index (χ3n) is 5.77. The van der Waals surface area contributed by atoms with Gasteiger partial charge in [-0.3, -0.25) is 9.59 Å². The van der Waals surface area contributed by atoms with Crippen molar-refractivity contribution in [3.05, 3.63) is 35.9 Å². The van der Waals surface area contributed by atoms with E-state index in [0.29, 0.717) is 18.1 Å². The zero-order valence-corrected chi connectivity index (χ0v) is 21.9. The van der Waals surface area contributed by atoms with Crippen molar-refractivity contribution >= 4 is 29.5 Å². The lowest BCUT2D eigenvalue weighted by Gasteiger charge is -2.31. The molecule has 1 saturated heterocycles. The maximum absolute atomic E-state index is 13.0. The molecule has 8 heteroatoms. The Bertz CT molecular complexity index is 809. The molecule has 2 amide bonds. The Labute approximate surface area is 208 Å². The molecule has 1 aliphatic heterocycles. The quantitative estimate of drug-likeness (QED) is 0.459. The van der Waals surface area contributed by atoms with E-state index in [4.69, 9.17) is 4.74 Å². The van der Waals surface area contributed by atoms with Crippen molar-refractivity contribution in [3.63, 3.8) is 0 Å². The van der Waals surface area contributed by atoms with Crippen LogP contribution in [-0.4, -0.2) is 64.0 Å². The molecule has 7 nitrogen and oxygen atoms in total. The number of nitrogens with zero attached hydrogens (tertiary/aromatic N) is 1. The summed E-state index contributed by atoms with van der Waals surface area (Å²) in [7, 11) is 0. The van der Waals surface area contributed by atoms with Gasteiger partial charge in [-0.25, -0.2) is 4.79 Å². The van der Waals surface area contributed by atoms with E-state index in [-0.39, 0.29) is 24.3 Å². The Morgan fingerprint density at radius 3 is 2.47 bits per heavy atom. The third-order valence-corrected chi connectivity index (χ3v) is 6.96. The van der Waals surface area contributed by atoms with E-state index in [2.05, 4.69) is 5.32 Å². The molecule has 34 heavy (non-hydrogen) atoms. The summed E-state index contributed by atoms with van der Waals surface area (Å²) in [5.41, 5.74) is 0.443. The normalized spacial score (nSPS) is 18.1. The van der Waals surface area contributed by atoms with Gasteiger partial charge in [-0.1, -0.05) is 65.0 Å². The summed E-state index contributed by atoms with van der Waals surface area (Å²) >= 11 is 1.47. The van der Waals surface area contributed by atoms with E-state index in [1.54, 1.807) is 0 Å². The molecule has 2 N–H and O–H groups in total. The van der Waals surface area contributed by atoms with Crippen molar-refractivity contribution in [2.24, 2.45) is 11.3 Å². The minimum Gasteiger partial charge on any atom is -0.480 e. The second-order valence-corrected chi connectivity index (χ2v) is 11.5. The van der Waals surface area contributed by atoms with E-state index < -0.39 is 29.4 Å². The fourth-order valence-corrected chi connectivity index (χ4v) is 5.24. The van der Waals surface area contributed by atoms with Gasteiger partial charge in [0.1, 0.15) is 12.1 Å². The van der Waals surface area contributed by atoms with Crippen LogP contribution in [0.25, 0.3) is 0 Å². The minimum atomic E-state index is -1.07. The predicted molar refractivity (Wildman–Crippen MR) is 136 cm³/mol. The molecule has 0 aliphatic carbocycles. The average Bonchev–Trinajstić information content (AvgIpc) is 3.21. The minimum absolute atomic E-state index is 0.123. The van der Waals surface area contributed by atoms with Crippen molar-refractivity contribution in [2.75, 3.05) is 18.1 Å². The number of hydrogen-bond acceptors (Lipinski definition) is 5. The Morgan fingerprint density at radius 2 is 1.88 bits per heavy atom. The van der Waals surface area contributed by atoms with Crippen LogP contribution in [0.15, 0.2) is 30.3 Å². The zero-order chi connectivity index (χ0) is 25.3. The first-order chi connectivity index (χ1) is 16.0. The van der Waals surface area contributed by atoms with Gasteiger partial charge in [0, 0.05) is 30.5 Å². The number of nitrogens with one attached hydrogen (secondary N) is 1. The summed E-state index contributed by atoms with van der Waals surface area (Å²) in [6.07, 6.45) is 1.64. The first-order valence-corrected chi connectivity index (χ1v) is 13.2. The summed E-state index contributed by atoms with van der Waals surface area (Å²) < 4.78 is 5.94. The van der Waals surface area contributed by atoms with Crippen molar-refractivity contribution in [1.82, 2.24) is 10.2 Å². The molecule has 1 aromatic rings. The Kier molecular flexibility index (Phi) is 10.9. The van der Waals surface area contributed by atoms with Crippen LogP contribution in [-0.2, 0) is 25.7 Å². The van der Waals surface area contributed by atoms with Gasteiger partial charge in [0.25, 0.3) is 0 Å². The molecule has 0 saturated carbocycles. The van der Waals surface area contributed by atoms with Crippen LogP contribution in [0.2, 0.25) is 0 Å². The molecule has 0 bridgehead atoms. The summed E-state index contributed by atoms with van der Waals surface area (Å²) in [5, 5.41) is 12.4. The number of carboxylic acids is 1. The van der Waals surface area contributed by atoms with Crippen LogP contribution in [0.1, 0.15) is 59.4 Å². The molecule has 1 heterocycles. The lowest BCUT2D eigenvalue weighted by atomic mass is 9.88. The van der Waals surface area contributed by atoms with E-state index in [1.165, 1.54) is 11.8 Å². The summed E-state index contributed by atoms with van der Waals surface area (Å²) in [5.74, 6) is -0.116. The predicted octanol–water partition coefficient (Wildman–Crippen LogP) is 3.96. The molecule has 0 radical (unpaired) electrons. The van der Waals surface area contributed by atoms with Crippen molar-refractivity contribution in [3.8, 4) is 0 Å². The molecule has 1 aromatic carbocycles. The first kappa shape index (κ1) is 28.2. The number of rotatable bonds is 12. The lowest BCUT2D eigenvalue weighted by molar-refractivity contribution is -0.147. The highest BCUT2D eigenvalue weighted by atomic mass is 32.2. The number of likely N-dealkylation sites (tertiary alicyclic amines) is 1. The smallest absolute Gasteiger partial charge is 0.327 e. The summed E-state index contributed by atoms with van der Waals surface area (Å²) in [4.78, 5) is 39.3. The molecule has 0 unspecified atom stereocenters. The Morgan fingerprint density at radius 1 is 1.21 bits per heavy atom. The zero-order valence-electron chi connectivity index (χ0n) is 21.1. The van der Waals surface area contributed by atoms with Gasteiger partial charge in [0.15, 0.2) is 0 Å². The number of amides is 2. The molecule has 0 spiro atoms. The van der Waals surface area contributed by atoms with E-state index in [0.717, 1.165) is 24.9 Å². The van der Waals surface area contributed by atoms with Crippen LogP contribution in [0, 0.1) is 11.3 Å². The number of ether oxygens (including phenoxy) is 1.